The second kappa shape index (κ2) is 8.62. The van der Waals surface area contributed by atoms with Crippen molar-refractivity contribution in [1.29, 1.82) is 0 Å². The Bertz CT molecular complexity index is 1090. The number of pyridine rings is 1. The standard InChI is InChI=1S/C23H26N2O5/c1-5-29-21(27)18-14-25(16-9-10-16)19-11-8-15(13-17(19)20(18)26)7-6-12-24-22(28)30-23(2,3)4/h8,11,13-14,16H,5,9-10,12H2,1-4H3,(H,24,28). The van der Waals surface area contributed by atoms with Crippen molar-refractivity contribution in [2.45, 2.75) is 52.2 Å². The Labute approximate surface area is 175 Å². The predicted molar refractivity (Wildman–Crippen MR) is 114 cm³/mol. The van der Waals surface area contributed by atoms with Crippen LogP contribution in [0.15, 0.2) is 29.2 Å². The first-order valence-corrected chi connectivity index (χ1v) is 10.0. The number of hydrogen-bond acceptors (Lipinski definition) is 5. The highest BCUT2D eigenvalue weighted by molar-refractivity contribution is 5.94. The zero-order chi connectivity index (χ0) is 21.9. The van der Waals surface area contributed by atoms with Gasteiger partial charge in [-0.2, -0.15) is 0 Å². The molecule has 0 aliphatic heterocycles. The molecular weight excluding hydrogens is 384 g/mol. The molecule has 0 spiro atoms. The van der Waals surface area contributed by atoms with E-state index in [4.69, 9.17) is 9.47 Å². The van der Waals surface area contributed by atoms with Gasteiger partial charge in [-0.1, -0.05) is 11.8 Å². The molecule has 1 fully saturated rings. The molecule has 2 aromatic rings. The number of ether oxygens (including phenoxy) is 2. The molecule has 30 heavy (non-hydrogen) atoms. The minimum Gasteiger partial charge on any atom is -0.462 e. The highest BCUT2D eigenvalue weighted by Crippen LogP contribution is 2.37. The van der Waals surface area contributed by atoms with Crippen LogP contribution in [0.1, 0.15) is 62.5 Å². The summed E-state index contributed by atoms with van der Waals surface area (Å²) in [4.78, 5) is 36.8. The summed E-state index contributed by atoms with van der Waals surface area (Å²) in [5.41, 5.74) is 0.485. The van der Waals surface area contributed by atoms with Gasteiger partial charge in [0, 0.05) is 23.2 Å². The van der Waals surface area contributed by atoms with E-state index in [1.54, 1.807) is 40.0 Å². The van der Waals surface area contributed by atoms with E-state index in [1.807, 2.05) is 16.7 Å². The summed E-state index contributed by atoms with van der Waals surface area (Å²) in [5.74, 6) is 5.17. The molecule has 7 nitrogen and oxygen atoms in total. The first-order chi connectivity index (χ1) is 14.2. The van der Waals surface area contributed by atoms with Gasteiger partial charge in [-0.15, -0.1) is 0 Å². The van der Waals surface area contributed by atoms with E-state index in [1.165, 1.54) is 0 Å². The highest BCUT2D eigenvalue weighted by atomic mass is 16.6. The van der Waals surface area contributed by atoms with Crippen LogP contribution in [0.25, 0.3) is 10.9 Å². The van der Waals surface area contributed by atoms with E-state index in [0.717, 1.165) is 18.4 Å². The van der Waals surface area contributed by atoms with E-state index >= 15 is 0 Å². The maximum absolute atomic E-state index is 12.9. The van der Waals surface area contributed by atoms with Gasteiger partial charge in [-0.05, 0) is 58.7 Å². The molecule has 0 bridgehead atoms. The number of alkyl carbamates (subject to hydrolysis) is 1. The van der Waals surface area contributed by atoms with Crippen LogP contribution in [0, 0.1) is 11.8 Å². The van der Waals surface area contributed by atoms with Gasteiger partial charge in [0.15, 0.2) is 0 Å². The van der Waals surface area contributed by atoms with E-state index in [-0.39, 0.29) is 30.2 Å². The van der Waals surface area contributed by atoms with Crippen LogP contribution < -0.4 is 10.7 Å². The largest absolute Gasteiger partial charge is 0.462 e. The summed E-state index contributed by atoms with van der Waals surface area (Å²) in [5, 5.41) is 3.00. The smallest absolute Gasteiger partial charge is 0.408 e. The molecule has 1 N–H and O–H groups in total. The van der Waals surface area contributed by atoms with Crippen molar-refractivity contribution >= 4 is 23.0 Å². The number of nitrogens with one attached hydrogen (secondary N) is 1. The van der Waals surface area contributed by atoms with Crippen molar-refractivity contribution in [1.82, 2.24) is 9.88 Å². The molecule has 1 aromatic carbocycles. The van der Waals surface area contributed by atoms with Crippen molar-refractivity contribution in [3.63, 3.8) is 0 Å². The molecule has 1 aromatic heterocycles. The van der Waals surface area contributed by atoms with Gasteiger partial charge in [0.1, 0.15) is 11.2 Å². The van der Waals surface area contributed by atoms with Crippen LogP contribution in [0.4, 0.5) is 4.79 Å². The van der Waals surface area contributed by atoms with E-state index < -0.39 is 17.7 Å². The van der Waals surface area contributed by atoms with Crippen molar-refractivity contribution < 1.29 is 19.1 Å². The Morgan fingerprint density at radius 2 is 2.00 bits per heavy atom. The summed E-state index contributed by atoms with van der Waals surface area (Å²) < 4.78 is 12.2. The molecule has 158 valence electrons. The van der Waals surface area contributed by atoms with Gasteiger partial charge in [-0.25, -0.2) is 9.59 Å². The summed E-state index contributed by atoms with van der Waals surface area (Å²) in [6.45, 7) is 7.38. The monoisotopic (exact) mass is 410 g/mol. The van der Waals surface area contributed by atoms with Crippen LogP contribution >= 0.6 is 0 Å². The first-order valence-electron chi connectivity index (χ1n) is 10.0. The number of carbonyl (C=O) groups excluding carboxylic acids is 2. The van der Waals surface area contributed by atoms with E-state index in [0.29, 0.717) is 10.9 Å². The molecule has 1 aliphatic rings. The normalized spacial score (nSPS) is 13.3. The first kappa shape index (κ1) is 21.4. The number of carbonyl (C=O) groups is 2. The molecule has 0 saturated heterocycles. The number of benzene rings is 1. The molecule has 1 aliphatic carbocycles. The van der Waals surface area contributed by atoms with Gasteiger partial charge in [0.25, 0.3) is 0 Å². The van der Waals surface area contributed by atoms with Crippen LogP contribution in [0.2, 0.25) is 0 Å². The quantitative estimate of drug-likeness (QED) is 0.617. The molecule has 0 atom stereocenters. The van der Waals surface area contributed by atoms with Crippen LogP contribution in [0.3, 0.4) is 0 Å². The summed E-state index contributed by atoms with van der Waals surface area (Å²) >= 11 is 0. The molecule has 0 unspecified atom stereocenters. The third-order valence-electron chi connectivity index (χ3n) is 4.42. The number of fused-ring (bicyclic) bond motifs is 1. The molecule has 3 rings (SSSR count). The topological polar surface area (TPSA) is 86.6 Å². The number of hydrogen-bond donors (Lipinski definition) is 1. The Morgan fingerprint density at radius 1 is 1.27 bits per heavy atom. The molecule has 1 amide bonds. The average molecular weight is 410 g/mol. The van der Waals surface area contributed by atoms with Gasteiger partial charge in [0.05, 0.1) is 18.7 Å². The minimum absolute atomic E-state index is 0.0351. The number of esters is 1. The van der Waals surface area contributed by atoms with Gasteiger partial charge in [-0.3, -0.25) is 4.79 Å². The molecule has 1 heterocycles. The Kier molecular flexibility index (Phi) is 6.16. The molecule has 0 radical (unpaired) electrons. The Morgan fingerprint density at radius 3 is 2.63 bits per heavy atom. The SMILES string of the molecule is CCOC(=O)c1cn(C2CC2)c2ccc(C#CCNC(=O)OC(C)(C)C)cc2c1=O. The lowest BCUT2D eigenvalue weighted by molar-refractivity contribution is 0.0517. The summed E-state index contributed by atoms with van der Waals surface area (Å²) in [6, 6.07) is 5.64. The van der Waals surface area contributed by atoms with Crippen LogP contribution in [-0.2, 0) is 9.47 Å². The number of aromatic nitrogens is 1. The second-order valence-electron chi connectivity index (χ2n) is 8.12. The second-order valence-corrected chi connectivity index (χ2v) is 8.12. The van der Waals surface area contributed by atoms with E-state index in [9.17, 15) is 14.4 Å². The highest BCUT2D eigenvalue weighted by Gasteiger charge is 2.27. The molecular formula is C23H26N2O5. The third kappa shape index (κ3) is 5.20. The Balaban J connectivity index is 1.87. The number of nitrogens with zero attached hydrogens (tertiary/aromatic N) is 1. The fourth-order valence-corrected chi connectivity index (χ4v) is 3.02. The maximum atomic E-state index is 12.9. The lowest BCUT2D eigenvalue weighted by Gasteiger charge is -2.19. The van der Waals surface area contributed by atoms with Crippen molar-refractivity contribution in [2.24, 2.45) is 0 Å². The average Bonchev–Trinajstić information content (AvgIpc) is 3.49. The molecule has 7 heteroatoms. The van der Waals surface area contributed by atoms with Crippen molar-refractivity contribution in [3.8, 4) is 11.8 Å². The zero-order valence-corrected chi connectivity index (χ0v) is 17.7. The summed E-state index contributed by atoms with van der Waals surface area (Å²) in [6.07, 6.45) is 3.09. The maximum Gasteiger partial charge on any atom is 0.408 e. The number of rotatable bonds is 4. The van der Waals surface area contributed by atoms with Gasteiger partial charge >= 0.3 is 12.1 Å². The fourth-order valence-electron chi connectivity index (χ4n) is 3.02. The van der Waals surface area contributed by atoms with Gasteiger partial charge < -0.3 is 19.4 Å². The van der Waals surface area contributed by atoms with Crippen LogP contribution in [-0.4, -0.2) is 35.4 Å². The van der Waals surface area contributed by atoms with Crippen LogP contribution in [0.5, 0.6) is 0 Å². The number of amides is 1. The van der Waals surface area contributed by atoms with Crippen molar-refractivity contribution in [2.75, 3.05) is 13.2 Å². The van der Waals surface area contributed by atoms with Crippen molar-refractivity contribution in [3.05, 3.63) is 45.7 Å². The summed E-state index contributed by atoms with van der Waals surface area (Å²) in [7, 11) is 0. The van der Waals surface area contributed by atoms with Gasteiger partial charge in [0.2, 0.25) is 5.43 Å². The third-order valence-corrected chi connectivity index (χ3v) is 4.42. The Hall–Kier alpha value is -3.27. The lowest BCUT2D eigenvalue weighted by atomic mass is 10.1. The lowest BCUT2D eigenvalue weighted by Crippen LogP contribution is -2.32. The predicted octanol–water partition coefficient (Wildman–Crippen LogP) is 3.39. The fraction of sp³-hybridized carbons (Fsp3) is 0.435. The zero-order valence-electron chi connectivity index (χ0n) is 17.7. The minimum atomic E-state index is -0.614. The molecule has 1 saturated carbocycles. The van der Waals surface area contributed by atoms with E-state index in [2.05, 4.69) is 17.2 Å².